The van der Waals surface area contributed by atoms with Gasteiger partial charge in [-0.25, -0.2) is 9.67 Å². The third kappa shape index (κ3) is 3.23. The van der Waals surface area contributed by atoms with Crippen LogP contribution in [0.15, 0.2) is 11.5 Å². The van der Waals surface area contributed by atoms with Gasteiger partial charge in [0.05, 0.1) is 5.84 Å². The molecule has 0 bridgehead atoms. The molecular weight excluding hydrogens is 210 g/mol. The first-order valence-electron chi connectivity index (χ1n) is 4.75. The molecule has 0 radical (unpaired) electrons. The molecule has 0 saturated heterocycles. The van der Waals surface area contributed by atoms with E-state index >= 15 is 0 Å². The first-order valence-corrected chi connectivity index (χ1v) is 5.73. The lowest BCUT2D eigenvalue weighted by Crippen LogP contribution is -2.31. The van der Waals surface area contributed by atoms with E-state index in [1.807, 2.05) is 20.9 Å². The Morgan fingerprint density at radius 3 is 2.80 bits per heavy atom. The van der Waals surface area contributed by atoms with Gasteiger partial charge in [0.25, 0.3) is 0 Å². The van der Waals surface area contributed by atoms with E-state index < -0.39 is 0 Å². The van der Waals surface area contributed by atoms with Crippen molar-refractivity contribution in [3.8, 4) is 0 Å². The molecule has 15 heavy (non-hydrogen) atoms. The zero-order valence-corrected chi connectivity index (χ0v) is 10.1. The van der Waals surface area contributed by atoms with Crippen LogP contribution >= 0.6 is 11.8 Å². The topological polar surface area (TPSA) is 80.6 Å². The lowest BCUT2D eigenvalue weighted by Gasteiger charge is -2.22. The second kappa shape index (κ2) is 4.65. The van der Waals surface area contributed by atoms with Gasteiger partial charge in [0.1, 0.15) is 6.33 Å². The van der Waals surface area contributed by atoms with E-state index in [0.29, 0.717) is 0 Å². The van der Waals surface area contributed by atoms with Gasteiger partial charge >= 0.3 is 0 Å². The van der Waals surface area contributed by atoms with Crippen LogP contribution in [0, 0.1) is 10.8 Å². The van der Waals surface area contributed by atoms with E-state index in [2.05, 4.69) is 10.1 Å². The minimum absolute atomic E-state index is 0.231. The number of aryl methyl sites for hydroxylation is 1. The fourth-order valence-corrected chi connectivity index (χ4v) is 2.10. The molecule has 0 fully saturated rings. The van der Waals surface area contributed by atoms with E-state index in [9.17, 15) is 0 Å². The van der Waals surface area contributed by atoms with Crippen molar-refractivity contribution in [1.29, 1.82) is 5.41 Å². The molecule has 1 aromatic rings. The molecule has 0 amide bonds. The summed E-state index contributed by atoms with van der Waals surface area (Å²) in [4.78, 5) is 4.11. The molecule has 0 spiro atoms. The Bertz CT molecular complexity index is 344. The van der Waals surface area contributed by atoms with Gasteiger partial charge in [-0.3, -0.25) is 5.41 Å². The van der Waals surface area contributed by atoms with E-state index in [1.54, 1.807) is 22.8 Å². The van der Waals surface area contributed by atoms with Crippen LogP contribution in [0.1, 0.15) is 20.3 Å². The maximum Gasteiger partial charge on any atom is 0.185 e. The van der Waals surface area contributed by atoms with Crippen LogP contribution in [0.25, 0.3) is 0 Å². The second-order valence-corrected chi connectivity index (χ2v) is 5.12. The van der Waals surface area contributed by atoms with Crippen LogP contribution in [0.4, 0.5) is 0 Å². The molecule has 0 atom stereocenters. The standard InChI is InChI=1S/C9H17N5S/c1-9(2,7(10)11)4-5-15-8-12-6-13-14(8)3/h6H,4-5H2,1-3H3,(H3,10,11). The minimum Gasteiger partial charge on any atom is -0.387 e. The second-order valence-electron chi connectivity index (χ2n) is 4.06. The Hall–Kier alpha value is -1.04. The van der Waals surface area contributed by atoms with Gasteiger partial charge in [0.15, 0.2) is 5.16 Å². The van der Waals surface area contributed by atoms with Crippen molar-refractivity contribution in [1.82, 2.24) is 14.8 Å². The first kappa shape index (κ1) is 12.0. The molecule has 5 nitrogen and oxygen atoms in total. The molecule has 0 aliphatic rings. The fourth-order valence-electron chi connectivity index (χ4n) is 0.948. The summed E-state index contributed by atoms with van der Waals surface area (Å²) in [7, 11) is 1.87. The van der Waals surface area contributed by atoms with Crippen LogP contribution in [0.5, 0.6) is 0 Å². The van der Waals surface area contributed by atoms with Gasteiger partial charge in [-0.05, 0) is 6.42 Å². The van der Waals surface area contributed by atoms with Gasteiger partial charge in [-0.1, -0.05) is 25.6 Å². The summed E-state index contributed by atoms with van der Waals surface area (Å²) in [6, 6.07) is 0. The predicted octanol–water partition coefficient (Wildman–Crippen LogP) is 1.26. The van der Waals surface area contributed by atoms with E-state index in [-0.39, 0.29) is 11.3 Å². The summed E-state index contributed by atoms with van der Waals surface area (Å²) < 4.78 is 1.74. The van der Waals surface area contributed by atoms with Crippen molar-refractivity contribution < 1.29 is 0 Å². The molecule has 84 valence electrons. The molecule has 0 unspecified atom stereocenters. The summed E-state index contributed by atoms with van der Waals surface area (Å²) in [5.74, 6) is 1.13. The van der Waals surface area contributed by atoms with Crippen molar-refractivity contribution >= 4 is 17.6 Å². The average Bonchev–Trinajstić information content (AvgIpc) is 2.51. The Morgan fingerprint density at radius 2 is 2.33 bits per heavy atom. The monoisotopic (exact) mass is 227 g/mol. The number of amidine groups is 1. The number of nitrogens with one attached hydrogen (secondary N) is 1. The Morgan fingerprint density at radius 1 is 1.67 bits per heavy atom. The fraction of sp³-hybridized carbons (Fsp3) is 0.667. The van der Waals surface area contributed by atoms with Gasteiger partial charge < -0.3 is 5.73 Å². The number of rotatable bonds is 5. The Kier molecular flexibility index (Phi) is 3.73. The summed E-state index contributed by atoms with van der Waals surface area (Å²) in [6.07, 6.45) is 2.40. The predicted molar refractivity (Wildman–Crippen MR) is 62.0 cm³/mol. The first-order chi connectivity index (χ1) is 6.93. The lowest BCUT2D eigenvalue weighted by molar-refractivity contribution is 0.499. The lowest BCUT2D eigenvalue weighted by atomic mass is 9.89. The highest BCUT2D eigenvalue weighted by molar-refractivity contribution is 7.99. The van der Waals surface area contributed by atoms with Gasteiger partial charge in [0.2, 0.25) is 0 Å². The molecular formula is C9H17N5S. The van der Waals surface area contributed by atoms with Crippen molar-refractivity contribution in [2.45, 2.75) is 25.4 Å². The van der Waals surface area contributed by atoms with Crippen LogP contribution in [0.2, 0.25) is 0 Å². The molecule has 1 aromatic heterocycles. The van der Waals surface area contributed by atoms with Gasteiger partial charge in [-0.2, -0.15) is 5.10 Å². The average molecular weight is 227 g/mol. The molecule has 0 aromatic carbocycles. The molecule has 1 rings (SSSR count). The maximum atomic E-state index is 7.43. The maximum absolute atomic E-state index is 7.43. The van der Waals surface area contributed by atoms with Crippen LogP contribution < -0.4 is 5.73 Å². The van der Waals surface area contributed by atoms with Crippen molar-refractivity contribution in [2.75, 3.05) is 5.75 Å². The van der Waals surface area contributed by atoms with Gasteiger partial charge in [-0.15, -0.1) is 0 Å². The molecule has 0 aliphatic carbocycles. The number of nitrogens with two attached hydrogens (primary N) is 1. The molecule has 6 heteroatoms. The summed E-state index contributed by atoms with van der Waals surface area (Å²) >= 11 is 1.64. The largest absolute Gasteiger partial charge is 0.387 e. The number of aromatic nitrogens is 3. The van der Waals surface area contributed by atoms with Crippen molar-refractivity contribution in [2.24, 2.45) is 18.2 Å². The van der Waals surface area contributed by atoms with E-state index in [4.69, 9.17) is 11.1 Å². The highest BCUT2D eigenvalue weighted by atomic mass is 32.2. The molecule has 3 N–H and O–H groups in total. The number of nitrogens with zero attached hydrogens (tertiary/aromatic N) is 3. The number of hydrogen-bond acceptors (Lipinski definition) is 4. The van der Waals surface area contributed by atoms with E-state index in [0.717, 1.165) is 17.3 Å². The highest BCUT2D eigenvalue weighted by Crippen LogP contribution is 2.24. The third-order valence-electron chi connectivity index (χ3n) is 2.36. The summed E-state index contributed by atoms with van der Waals surface area (Å²) in [5, 5.41) is 12.3. The zero-order valence-electron chi connectivity index (χ0n) is 9.32. The van der Waals surface area contributed by atoms with Crippen molar-refractivity contribution in [3.63, 3.8) is 0 Å². The highest BCUT2D eigenvalue weighted by Gasteiger charge is 2.21. The zero-order chi connectivity index (χ0) is 11.5. The Labute approximate surface area is 94.0 Å². The summed E-state index contributed by atoms with van der Waals surface area (Å²) in [5.41, 5.74) is 5.27. The third-order valence-corrected chi connectivity index (χ3v) is 3.39. The quantitative estimate of drug-likeness (QED) is 0.451. The number of hydrogen-bond donors (Lipinski definition) is 2. The molecule has 0 aliphatic heterocycles. The van der Waals surface area contributed by atoms with Gasteiger partial charge in [0, 0.05) is 18.2 Å². The number of thioether (sulfide) groups is 1. The molecule has 1 heterocycles. The smallest absolute Gasteiger partial charge is 0.185 e. The van der Waals surface area contributed by atoms with E-state index in [1.165, 1.54) is 0 Å². The minimum atomic E-state index is -0.231. The van der Waals surface area contributed by atoms with Crippen LogP contribution in [0.3, 0.4) is 0 Å². The van der Waals surface area contributed by atoms with Crippen LogP contribution in [-0.4, -0.2) is 26.4 Å². The Balaban J connectivity index is 2.40. The SMILES string of the molecule is Cn1ncnc1SCCC(C)(C)C(=N)N. The molecule has 0 saturated carbocycles. The van der Waals surface area contributed by atoms with Crippen LogP contribution in [-0.2, 0) is 7.05 Å². The van der Waals surface area contributed by atoms with Crippen molar-refractivity contribution in [3.05, 3.63) is 6.33 Å². The normalized spacial score (nSPS) is 11.7. The summed E-state index contributed by atoms with van der Waals surface area (Å²) in [6.45, 7) is 3.96.